The first kappa shape index (κ1) is 19.9. The van der Waals surface area contributed by atoms with Crippen LogP contribution >= 0.6 is 0 Å². The first-order chi connectivity index (χ1) is 13.4. The number of rotatable bonds is 8. The number of aromatic nitrogens is 4. The number of benzene rings is 1. The summed E-state index contributed by atoms with van der Waals surface area (Å²) in [5, 5.41) is 12.0. The summed E-state index contributed by atoms with van der Waals surface area (Å²) in [5.41, 5.74) is 5.37. The quantitative estimate of drug-likeness (QED) is 0.650. The van der Waals surface area contributed by atoms with Gasteiger partial charge in [-0.25, -0.2) is 4.68 Å². The molecule has 0 radical (unpaired) electrons. The van der Waals surface area contributed by atoms with Crippen LogP contribution in [0.15, 0.2) is 42.7 Å². The predicted octanol–water partition coefficient (Wildman–Crippen LogP) is 3.59. The largest absolute Gasteiger partial charge is 0.352 e. The van der Waals surface area contributed by atoms with Crippen molar-refractivity contribution in [2.75, 3.05) is 0 Å². The molecule has 3 rings (SSSR count). The zero-order chi connectivity index (χ0) is 20.1. The lowest BCUT2D eigenvalue weighted by Crippen LogP contribution is -2.23. The van der Waals surface area contributed by atoms with Crippen molar-refractivity contribution in [1.82, 2.24) is 24.9 Å². The van der Waals surface area contributed by atoms with Crippen LogP contribution in [0.25, 0.3) is 5.69 Å². The zero-order valence-electron chi connectivity index (χ0n) is 17.1. The van der Waals surface area contributed by atoms with Crippen LogP contribution < -0.4 is 5.32 Å². The molecule has 6 heteroatoms. The summed E-state index contributed by atoms with van der Waals surface area (Å²) >= 11 is 0. The number of carbonyl (C=O) groups excluding carboxylic acids is 1. The highest BCUT2D eigenvalue weighted by molar-refractivity contribution is 5.76. The monoisotopic (exact) mass is 379 g/mol. The average Bonchev–Trinajstić information content (AvgIpc) is 3.24. The van der Waals surface area contributed by atoms with E-state index in [1.807, 2.05) is 48.1 Å². The maximum atomic E-state index is 12.3. The minimum atomic E-state index is 0.0443. The third kappa shape index (κ3) is 4.88. The SMILES string of the molecule is Cc1nn(CC(C)C)c(C)c1CCC(=O)NCc1cnn(-c2ccccc2)c1. The molecule has 6 nitrogen and oxygen atoms in total. The van der Waals surface area contributed by atoms with E-state index < -0.39 is 0 Å². The van der Waals surface area contributed by atoms with E-state index in [-0.39, 0.29) is 5.91 Å². The molecule has 1 N–H and O–H groups in total. The first-order valence-electron chi connectivity index (χ1n) is 9.82. The topological polar surface area (TPSA) is 64.7 Å². The molecule has 28 heavy (non-hydrogen) atoms. The molecule has 0 aliphatic carbocycles. The highest BCUT2D eigenvalue weighted by Gasteiger charge is 2.14. The summed E-state index contributed by atoms with van der Waals surface area (Å²) in [7, 11) is 0. The van der Waals surface area contributed by atoms with Gasteiger partial charge in [0.1, 0.15) is 0 Å². The van der Waals surface area contributed by atoms with Gasteiger partial charge in [0.15, 0.2) is 0 Å². The van der Waals surface area contributed by atoms with Crippen molar-refractivity contribution in [3.05, 3.63) is 65.2 Å². The summed E-state index contributed by atoms with van der Waals surface area (Å²) < 4.78 is 3.88. The van der Waals surface area contributed by atoms with E-state index >= 15 is 0 Å². The molecule has 1 aromatic carbocycles. The Bertz CT molecular complexity index is 924. The number of amides is 1. The second-order valence-electron chi connectivity index (χ2n) is 7.63. The summed E-state index contributed by atoms with van der Waals surface area (Å²) in [4.78, 5) is 12.3. The fourth-order valence-electron chi connectivity index (χ4n) is 3.32. The van der Waals surface area contributed by atoms with E-state index in [1.54, 1.807) is 6.20 Å². The highest BCUT2D eigenvalue weighted by Crippen LogP contribution is 2.16. The Morgan fingerprint density at radius 3 is 2.64 bits per heavy atom. The molecule has 0 aliphatic rings. The van der Waals surface area contributed by atoms with Crippen LogP contribution in [-0.4, -0.2) is 25.5 Å². The van der Waals surface area contributed by atoms with Crippen LogP contribution in [-0.2, 0) is 24.3 Å². The van der Waals surface area contributed by atoms with Gasteiger partial charge in [-0.3, -0.25) is 9.48 Å². The Morgan fingerprint density at radius 2 is 1.93 bits per heavy atom. The molecular formula is C22H29N5O. The number of carbonyl (C=O) groups is 1. The van der Waals surface area contributed by atoms with Gasteiger partial charge in [-0.1, -0.05) is 32.0 Å². The molecule has 0 saturated heterocycles. The molecule has 0 unspecified atom stereocenters. The lowest BCUT2D eigenvalue weighted by Gasteiger charge is -2.08. The van der Waals surface area contributed by atoms with Gasteiger partial charge in [-0.05, 0) is 43.9 Å². The van der Waals surface area contributed by atoms with Crippen LogP contribution in [0.3, 0.4) is 0 Å². The number of para-hydroxylation sites is 1. The second-order valence-corrected chi connectivity index (χ2v) is 7.63. The van der Waals surface area contributed by atoms with Gasteiger partial charge < -0.3 is 5.32 Å². The maximum absolute atomic E-state index is 12.3. The molecule has 0 atom stereocenters. The van der Waals surface area contributed by atoms with Crippen molar-refractivity contribution < 1.29 is 4.79 Å². The Kier molecular flexibility index (Phi) is 6.29. The Balaban J connectivity index is 1.52. The number of hydrogen-bond donors (Lipinski definition) is 1. The fourth-order valence-corrected chi connectivity index (χ4v) is 3.32. The van der Waals surface area contributed by atoms with E-state index in [9.17, 15) is 4.79 Å². The van der Waals surface area contributed by atoms with Crippen LogP contribution in [0, 0.1) is 19.8 Å². The normalized spacial score (nSPS) is 11.2. The lowest BCUT2D eigenvalue weighted by molar-refractivity contribution is -0.121. The van der Waals surface area contributed by atoms with Gasteiger partial charge in [0.2, 0.25) is 5.91 Å². The molecule has 0 spiro atoms. The average molecular weight is 380 g/mol. The van der Waals surface area contributed by atoms with Crippen LogP contribution in [0.1, 0.15) is 42.8 Å². The van der Waals surface area contributed by atoms with E-state index in [0.717, 1.165) is 23.5 Å². The standard InChI is InChI=1S/C22H29N5O/c1-16(2)14-26-18(4)21(17(3)25-26)10-11-22(28)23-12-19-13-24-27(15-19)20-8-6-5-7-9-20/h5-9,13,15-16H,10-12,14H2,1-4H3,(H,23,28). The van der Waals surface area contributed by atoms with E-state index in [0.29, 0.717) is 25.3 Å². The van der Waals surface area contributed by atoms with Crippen molar-refractivity contribution >= 4 is 5.91 Å². The van der Waals surface area contributed by atoms with Crippen molar-refractivity contribution in [3.8, 4) is 5.69 Å². The number of nitrogens with one attached hydrogen (secondary N) is 1. The van der Waals surface area contributed by atoms with Gasteiger partial charge in [-0.2, -0.15) is 10.2 Å². The van der Waals surface area contributed by atoms with Crippen molar-refractivity contribution in [2.45, 2.75) is 53.6 Å². The molecule has 0 fully saturated rings. The first-order valence-corrected chi connectivity index (χ1v) is 9.82. The fraction of sp³-hybridized carbons (Fsp3) is 0.409. The molecule has 2 aromatic heterocycles. The van der Waals surface area contributed by atoms with E-state index in [1.165, 1.54) is 11.3 Å². The minimum absolute atomic E-state index is 0.0443. The molecule has 148 valence electrons. The van der Waals surface area contributed by atoms with Crippen LogP contribution in [0.4, 0.5) is 0 Å². The van der Waals surface area contributed by atoms with Gasteiger partial charge >= 0.3 is 0 Å². The molecule has 0 aliphatic heterocycles. The number of nitrogens with zero attached hydrogens (tertiary/aromatic N) is 4. The second kappa shape index (κ2) is 8.87. The summed E-state index contributed by atoms with van der Waals surface area (Å²) in [6.45, 7) is 9.87. The number of hydrogen-bond acceptors (Lipinski definition) is 3. The predicted molar refractivity (Wildman–Crippen MR) is 110 cm³/mol. The minimum Gasteiger partial charge on any atom is -0.352 e. The van der Waals surface area contributed by atoms with Gasteiger partial charge in [0, 0.05) is 37.0 Å². The van der Waals surface area contributed by atoms with Crippen molar-refractivity contribution in [1.29, 1.82) is 0 Å². The van der Waals surface area contributed by atoms with Gasteiger partial charge in [-0.15, -0.1) is 0 Å². The van der Waals surface area contributed by atoms with Crippen molar-refractivity contribution in [3.63, 3.8) is 0 Å². The lowest BCUT2D eigenvalue weighted by atomic mass is 10.1. The van der Waals surface area contributed by atoms with Crippen LogP contribution in [0.5, 0.6) is 0 Å². The van der Waals surface area contributed by atoms with E-state index in [2.05, 4.69) is 41.0 Å². The highest BCUT2D eigenvalue weighted by atomic mass is 16.1. The third-order valence-electron chi connectivity index (χ3n) is 4.82. The van der Waals surface area contributed by atoms with Gasteiger partial charge in [0.05, 0.1) is 17.6 Å². The molecule has 0 bridgehead atoms. The zero-order valence-corrected chi connectivity index (χ0v) is 17.1. The molecule has 0 saturated carbocycles. The Hall–Kier alpha value is -2.89. The molecule has 2 heterocycles. The Morgan fingerprint density at radius 1 is 1.18 bits per heavy atom. The van der Waals surface area contributed by atoms with Crippen molar-refractivity contribution in [2.24, 2.45) is 5.92 Å². The molecule has 1 amide bonds. The number of aryl methyl sites for hydroxylation is 1. The maximum Gasteiger partial charge on any atom is 0.220 e. The smallest absolute Gasteiger partial charge is 0.220 e. The summed E-state index contributed by atoms with van der Waals surface area (Å²) in [6.07, 6.45) is 4.91. The summed E-state index contributed by atoms with van der Waals surface area (Å²) in [5.74, 6) is 0.592. The molecular weight excluding hydrogens is 350 g/mol. The Labute approximate surface area is 166 Å². The molecule has 3 aromatic rings. The van der Waals surface area contributed by atoms with Gasteiger partial charge in [0.25, 0.3) is 0 Å². The van der Waals surface area contributed by atoms with Crippen LogP contribution in [0.2, 0.25) is 0 Å². The van der Waals surface area contributed by atoms with E-state index in [4.69, 9.17) is 0 Å². The summed E-state index contributed by atoms with van der Waals surface area (Å²) in [6, 6.07) is 9.93. The third-order valence-corrected chi connectivity index (χ3v) is 4.82.